The fourth-order valence-electron chi connectivity index (χ4n) is 5.22. The number of ether oxygens (including phenoxy) is 3. The Balaban J connectivity index is 2.03. The second-order valence-electron chi connectivity index (χ2n) is 8.01. The van der Waals surface area contributed by atoms with Crippen LogP contribution in [0.15, 0.2) is 22.7 Å². The Morgan fingerprint density at radius 3 is 2.59 bits per heavy atom. The van der Waals surface area contributed by atoms with E-state index in [9.17, 15) is 15.8 Å². The quantitative estimate of drug-likeness (QED) is 0.713. The van der Waals surface area contributed by atoms with E-state index in [2.05, 4.69) is 41.1 Å². The van der Waals surface area contributed by atoms with Crippen molar-refractivity contribution in [1.82, 2.24) is 0 Å². The third-order valence-corrected chi connectivity index (χ3v) is 7.14. The van der Waals surface area contributed by atoms with Crippen LogP contribution in [0.4, 0.5) is 0 Å². The zero-order valence-electron chi connectivity index (χ0n) is 16.0. The molecule has 0 spiro atoms. The summed E-state index contributed by atoms with van der Waals surface area (Å²) in [6.45, 7) is 2.06. The number of rotatable bonds is 2. The van der Waals surface area contributed by atoms with Crippen LogP contribution >= 0.6 is 15.9 Å². The fourth-order valence-corrected chi connectivity index (χ4v) is 5.60. The number of hydrogen-bond donors (Lipinski definition) is 1. The van der Waals surface area contributed by atoms with E-state index in [1.165, 1.54) is 7.11 Å². The van der Waals surface area contributed by atoms with Gasteiger partial charge in [-0.3, -0.25) is 5.41 Å². The highest BCUT2D eigenvalue weighted by Gasteiger charge is 2.81. The molecule has 0 amide bonds. The van der Waals surface area contributed by atoms with Gasteiger partial charge in [0.15, 0.2) is 5.41 Å². The van der Waals surface area contributed by atoms with Crippen LogP contribution in [0.1, 0.15) is 37.9 Å². The van der Waals surface area contributed by atoms with Crippen LogP contribution in [-0.4, -0.2) is 18.8 Å². The SMILES string of the molecule is COc1ccc(Br)cc1C1OC23CCC(C)CC2C(C#N)(C(=N)O3)C1(C#N)C#N. The molecule has 148 valence electrons. The van der Waals surface area contributed by atoms with Gasteiger partial charge in [-0.1, -0.05) is 22.9 Å². The molecule has 1 saturated carbocycles. The van der Waals surface area contributed by atoms with E-state index in [4.69, 9.17) is 19.6 Å². The molecule has 5 atom stereocenters. The number of nitrogens with one attached hydrogen (secondary N) is 1. The average molecular weight is 455 g/mol. The first-order valence-electron chi connectivity index (χ1n) is 9.37. The summed E-state index contributed by atoms with van der Waals surface area (Å²) in [6.07, 6.45) is 0.727. The summed E-state index contributed by atoms with van der Waals surface area (Å²) in [7, 11) is 1.49. The average Bonchev–Trinajstić information content (AvgIpc) is 2.91. The van der Waals surface area contributed by atoms with Crippen molar-refractivity contribution >= 4 is 21.8 Å². The predicted octanol–water partition coefficient (Wildman–Crippen LogP) is 4.21. The molecule has 1 aliphatic carbocycles. The summed E-state index contributed by atoms with van der Waals surface area (Å²) < 4.78 is 18.5. The first-order valence-corrected chi connectivity index (χ1v) is 10.2. The molecular formula is C21H19BrN4O3. The van der Waals surface area contributed by atoms with Gasteiger partial charge in [0.1, 0.15) is 11.9 Å². The Morgan fingerprint density at radius 1 is 1.24 bits per heavy atom. The molecule has 1 aromatic carbocycles. The monoisotopic (exact) mass is 454 g/mol. The number of benzene rings is 1. The Bertz CT molecular complexity index is 1010. The number of hydrogen-bond acceptors (Lipinski definition) is 7. The fraction of sp³-hybridized carbons (Fsp3) is 0.524. The molecule has 2 aliphatic heterocycles. The van der Waals surface area contributed by atoms with Crippen LogP contribution in [0.25, 0.3) is 0 Å². The van der Waals surface area contributed by atoms with Crippen molar-refractivity contribution in [1.29, 1.82) is 21.2 Å². The van der Waals surface area contributed by atoms with Crippen LogP contribution in [0.5, 0.6) is 5.75 Å². The third kappa shape index (κ3) is 2.26. The molecule has 2 saturated heterocycles. The molecule has 8 heteroatoms. The molecule has 29 heavy (non-hydrogen) atoms. The van der Waals surface area contributed by atoms with Gasteiger partial charge in [0.05, 0.1) is 31.2 Å². The van der Waals surface area contributed by atoms with Gasteiger partial charge in [0, 0.05) is 16.5 Å². The molecule has 2 heterocycles. The summed E-state index contributed by atoms with van der Waals surface area (Å²) in [6, 6.07) is 11.6. The van der Waals surface area contributed by atoms with Gasteiger partial charge in [-0.25, -0.2) is 0 Å². The van der Waals surface area contributed by atoms with E-state index < -0.39 is 28.6 Å². The minimum absolute atomic E-state index is 0.269. The Morgan fingerprint density at radius 2 is 1.97 bits per heavy atom. The highest BCUT2D eigenvalue weighted by atomic mass is 79.9. The van der Waals surface area contributed by atoms with Crippen molar-refractivity contribution in [3.8, 4) is 24.0 Å². The second kappa shape index (κ2) is 6.46. The van der Waals surface area contributed by atoms with E-state index in [0.717, 1.165) is 6.42 Å². The van der Waals surface area contributed by atoms with Crippen LogP contribution in [0.3, 0.4) is 0 Å². The molecule has 7 nitrogen and oxygen atoms in total. The number of nitrogens with zero attached hydrogens (tertiary/aromatic N) is 3. The molecule has 1 N–H and O–H groups in total. The van der Waals surface area contributed by atoms with E-state index in [1.54, 1.807) is 18.2 Å². The predicted molar refractivity (Wildman–Crippen MR) is 104 cm³/mol. The minimum atomic E-state index is -1.96. The number of methoxy groups -OCH3 is 1. The van der Waals surface area contributed by atoms with Crippen LogP contribution in [-0.2, 0) is 9.47 Å². The molecule has 2 bridgehead atoms. The van der Waals surface area contributed by atoms with Gasteiger partial charge in [0.2, 0.25) is 17.1 Å². The summed E-state index contributed by atoms with van der Waals surface area (Å²) in [5.74, 6) is -1.41. The first-order chi connectivity index (χ1) is 13.8. The maximum Gasteiger partial charge on any atom is 0.217 e. The molecule has 0 aromatic heterocycles. The Hall–Kier alpha value is -2.60. The van der Waals surface area contributed by atoms with Gasteiger partial charge in [-0.05, 0) is 37.0 Å². The van der Waals surface area contributed by atoms with Gasteiger partial charge in [-0.15, -0.1) is 0 Å². The van der Waals surface area contributed by atoms with Crippen molar-refractivity contribution in [3.05, 3.63) is 28.2 Å². The Kier molecular flexibility index (Phi) is 4.39. The van der Waals surface area contributed by atoms with Crippen molar-refractivity contribution in [2.75, 3.05) is 7.11 Å². The number of halogens is 1. The molecular weight excluding hydrogens is 436 g/mol. The van der Waals surface area contributed by atoms with Crippen LogP contribution in [0, 0.1) is 62.1 Å². The van der Waals surface area contributed by atoms with E-state index in [-0.39, 0.29) is 11.8 Å². The summed E-state index contributed by atoms with van der Waals surface area (Å²) >= 11 is 3.42. The van der Waals surface area contributed by atoms with Crippen molar-refractivity contribution in [2.45, 2.75) is 38.1 Å². The first kappa shape index (κ1) is 19.7. The molecule has 5 unspecified atom stereocenters. The lowest BCUT2D eigenvalue weighted by atomic mass is 9.50. The third-order valence-electron chi connectivity index (χ3n) is 6.65. The van der Waals surface area contributed by atoms with Crippen molar-refractivity contribution < 1.29 is 14.2 Å². The summed E-state index contributed by atoms with van der Waals surface area (Å²) in [5.41, 5.74) is -3.21. The second-order valence-corrected chi connectivity index (χ2v) is 8.93. The zero-order chi connectivity index (χ0) is 21.0. The maximum atomic E-state index is 10.3. The smallest absolute Gasteiger partial charge is 0.217 e. The van der Waals surface area contributed by atoms with E-state index in [0.29, 0.717) is 28.6 Å². The van der Waals surface area contributed by atoms with Gasteiger partial charge < -0.3 is 14.2 Å². The standard InChI is InChI=1S/C21H19BrN4O3/c1-12-5-6-21-16(7-12)20(11-25,18(26)29-21)19(9-23,10-24)17(28-21)14-8-13(22)3-4-15(14)27-2/h3-4,8,12,16-17,26H,5-7H2,1-2H3. The highest BCUT2D eigenvalue weighted by molar-refractivity contribution is 9.10. The molecule has 3 aliphatic rings. The van der Waals surface area contributed by atoms with Crippen LogP contribution < -0.4 is 4.74 Å². The lowest BCUT2D eigenvalue weighted by Crippen LogP contribution is -2.61. The van der Waals surface area contributed by atoms with Gasteiger partial charge >= 0.3 is 0 Å². The summed E-state index contributed by atoms with van der Waals surface area (Å²) in [4.78, 5) is 0. The molecule has 4 rings (SSSR count). The van der Waals surface area contributed by atoms with Crippen LogP contribution in [0.2, 0.25) is 0 Å². The van der Waals surface area contributed by atoms with E-state index in [1.807, 2.05) is 0 Å². The largest absolute Gasteiger partial charge is 0.496 e. The summed E-state index contributed by atoms with van der Waals surface area (Å²) in [5, 5.41) is 39.5. The maximum absolute atomic E-state index is 10.3. The minimum Gasteiger partial charge on any atom is -0.496 e. The van der Waals surface area contributed by atoms with Gasteiger partial charge in [-0.2, -0.15) is 15.8 Å². The number of nitriles is 3. The Labute approximate surface area is 177 Å². The normalized spacial score (nSPS) is 36.7. The zero-order valence-corrected chi connectivity index (χ0v) is 17.6. The van der Waals surface area contributed by atoms with Crippen molar-refractivity contribution in [3.63, 3.8) is 0 Å². The van der Waals surface area contributed by atoms with Gasteiger partial charge in [0.25, 0.3) is 0 Å². The topological polar surface area (TPSA) is 123 Å². The van der Waals surface area contributed by atoms with Crippen molar-refractivity contribution in [2.24, 2.45) is 22.7 Å². The highest BCUT2D eigenvalue weighted by Crippen LogP contribution is 2.70. The molecule has 0 radical (unpaired) electrons. The molecule has 1 aromatic rings. The van der Waals surface area contributed by atoms with E-state index >= 15 is 0 Å². The lowest BCUT2D eigenvalue weighted by Gasteiger charge is -2.52. The lowest BCUT2D eigenvalue weighted by molar-refractivity contribution is -0.298. The molecule has 3 fully saturated rings.